The Morgan fingerprint density at radius 2 is 1.90 bits per heavy atom. The van der Waals surface area contributed by atoms with E-state index in [-0.39, 0.29) is 30.7 Å². The molecule has 1 atom stereocenters. The van der Waals surface area contributed by atoms with E-state index in [0.29, 0.717) is 43.8 Å². The second kappa shape index (κ2) is 8.26. The van der Waals surface area contributed by atoms with E-state index in [1.54, 1.807) is 4.90 Å². The first kappa shape index (κ1) is 20.7. The molecular weight excluding hydrogens is 384 g/mol. The molecule has 30 heavy (non-hydrogen) atoms. The number of likely N-dealkylation sites (N-methyl/N-ethyl adjacent to an activating group) is 1. The van der Waals surface area contributed by atoms with Crippen LogP contribution < -0.4 is 10.1 Å². The molecule has 1 aromatic carbocycles. The van der Waals surface area contributed by atoms with Crippen LogP contribution >= 0.6 is 0 Å². The molecule has 0 saturated carbocycles. The number of likely N-dealkylation sites (tertiary alicyclic amines) is 1. The van der Waals surface area contributed by atoms with Gasteiger partial charge in [-0.05, 0) is 25.6 Å². The van der Waals surface area contributed by atoms with Crippen molar-refractivity contribution in [3.63, 3.8) is 0 Å². The maximum Gasteiger partial charge on any atom is 0.258 e. The normalized spacial score (nSPS) is 24.9. The summed E-state index contributed by atoms with van der Waals surface area (Å²) in [4.78, 5) is 43.9. The molecule has 2 saturated heterocycles. The molecule has 8 heteroatoms. The van der Waals surface area contributed by atoms with Crippen molar-refractivity contribution >= 4 is 17.7 Å². The molecule has 3 aliphatic heterocycles. The lowest BCUT2D eigenvalue weighted by Gasteiger charge is -2.38. The van der Waals surface area contributed by atoms with E-state index in [9.17, 15) is 14.4 Å². The smallest absolute Gasteiger partial charge is 0.258 e. The fourth-order valence-electron chi connectivity index (χ4n) is 4.42. The Morgan fingerprint density at radius 1 is 1.13 bits per heavy atom. The number of hydrogen-bond acceptors (Lipinski definition) is 5. The molecule has 162 valence electrons. The molecule has 3 amide bonds. The number of fused-ring (bicyclic) bond motifs is 1. The zero-order chi connectivity index (χ0) is 21.3. The number of amides is 3. The van der Waals surface area contributed by atoms with Crippen molar-refractivity contribution in [3.8, 4) is 5.75 Å². The van der Waals surface area contributed by atoms with Crippen LogP contribution in [0.5, 0.6) is 5.75 Å². The highest BCUT2D eigenvalue weighted by molar-refractivity contribution is 5.98. The molecule has 1 aromatic rings. The Balaban J connectivity index is 1.40. The van der Waals surface area contributed by atoms with Crippen LogP contribution in [-0.4, -0.2) is 84.0 Å². The second-order valence-electron chi connectivity index (χ2n) is 8.43. The van der Waals surface area contributed by atoms with Crippen LogP contribution in [0.25, 0.3) is 0 Å². The molecule has 0 bridgehead atoms. The number of piperazine rings is 1. The average Bonchev–Trinajstić information content (AvgIpc) is 2.89. The summed E-state index contributed by atoms with van der Waals surface area (Å²) in [6, 6.07) is 5.54. The number of nitrogens with one attached hydrogen (secondary N) is 1. The van der Waals surface area contributed by atoms with Gasteiger partial charge >= 0.3 is 0 Å². The molecular formula is C22H30N4O4. The van der Waals surface area contributed by atoms with Gasteiger partial charge in [0.15, 0.2) is 5.72 Å². The number of rotatable bonds is 3. The van der Waals surface area contributed by atoms with E-state index in [4.69, 9.17) is 4.74 Å². The monoisotopic (exact) mass is 414 g/mol. The summed E-state index contributed by atoms with van der Waals surface area (Å²) in [5.74, 6) is 0.297. The van der Waals surface area contributed by atoms with Gasteiger partial charge in [-0.2, -0.15) is 0 Å². The van der Waals surface area contributed by atoms with Crippen LogP contribution in [0.3, 0.4) is 0 Å². The van der Waals surface area contributed by atoms with Crippen LogP contribution in [0, 0.1) is 6.92 Å². The number of benzene rings is 1. The summed E-state index contributed by atoms with van der Waals surface area (Å²) in [5.41, 5.74) is 0.609. The quantitative estimate of drug-likeness (QED) is 0.798. The largest absolute Gasteiger partial charge is 0.467 e. The van der Waals surface area contributed by atoms with Crippen molar-refractivity contribution in [3.05, 3.63) is 29.3 Å². The summed E-state index contributed by atoms with van der Waals surface area (Å²) >= 11 is 0. The Bertz CT molecular complexity index is 850. The molecule has 3 heterocycles. The van der Waals surface area contributed by atoms with Gasteiger partial charge < -0.3 is 24.8 Å². The Labute approximate surface area is 177 Å². The lowest BCUT2D eigenvalue weighted by atomic mass is 9.99. The average molecular weight is 415 g/mol. The van der Waals surface area contributed by atoms with Crippen LogP contribution in [0.4, 0.5) is 0 Å². The number of carbonyl (C=O) groups excluding carboxylic acids is 3. The molecule has 0 aromatic heterocycles. The van der Waals surface area contributed by atoms with Crippen molar-refractivity contribution in [1.29, 1.82) is 0 Å². The standard InChI is InChI=1S/C22H30N4O4/c1-3-24-10-12-25(13-11-24)20(28)15-26-9-8-22(7-6-19(26)27)23-21(29)17-14-16(2)4-5-18(17)30-22/h4-5,14H,3,6-13,15H2,1-2H3,(H,23,29)/t22-/m0/s1. The summed E-state index contributed by atoms with van der Waals surface area (Å²) in [5, 5.41) is 2.98. The van der Waals surface area contributed by atoms with Gasteiger partial charge in [0.1, 0.15) is 5.75 Å². The summed E-state index contributed by atoms with van der Waals surface area (Å²) in [6.07, 6.45) is 1.08. The van der Waals surface area contributed by atoms with Crippen LogP contribution in [0.1, 0.15) is 42.1 Å². The van der Waals surface area contributed by atoms with Gasteiger partial charge in [0, 0.05) is 52.0 Å². The molecule has 3 aliphatic rings. The first-order valence-corrected chi connectivity index (χ1v) is 10.8. The minimum absolute atomic E-state index is 0.00975. The van der Waals surface area contributed by atoms with Crippen molar-refractivity contribution in [2.45, 2.75) is 38.8 Å². The van der Waals surface area contributed by atoms with Crippen LogP contribution in [-0.2, 0) is 9.59 Å². The molecule has 1 N–H and O–H groups in total. The molecule has 0 radical (unpaired) electrons. The van der Waals surface area contributed by atoms with Gasteiger partial charge in [0.25, 0.3) is 5.91 Å². The number of aryl methyl sites for hydroxylation is 1. The fraction of sp³-hybridized carbons (Fsp3) is 0.591. The predicted molar refractivity (Wildman–Crippen MR) is 111 cm³/mol. The number of carbonyl (C=O) groups is 3. The lowest BCUT2D eigenvalue weighted by molar-refractivity contribution is -0.141. The maximum absolute atomic E-state index is 12.7. The van der Waals surface area contributed by atoms with E-state index >= 15 is 0 Å². The van der Waals surface area contributed by atoms with Crippen molar-refractivity contribution in [2.24, 2.45) is 0 Å². The SMILES string of the molecule is CCN1CCN(C(=O)CN2CC[C@@]3(CCC2=O)NC(=O)c2cc(C)ccc2O3)CC1. The molecule has 0 aliphatic carbocycles. The lowest BCUT2D eigenvalue weighted by Crippen LogP contribution is -2.56. The highest BCUT2D eigenvalue weighted by Crippen LogP contribution is 2.34. The summed E-state index contributed by atoms with van der Waals surface area (Å²) < 4.78 is 6.20. The highest BCUT2D eigenvalue weighted by atomic mass is 16.5. The van der Waals surface area contributed by atoms with Crippen LogP contribution in [0.2, 0.25) is 0 Å². The Hall–Kier alpha value is -2.61. The van der Waals surface area contributed by atoms with Gasteiger partial charge in [-0.15, -0.1) is 0 Å². The van der Waals surface area contributed by atoms with Crippen LogP contribution in [0.15, 0.2) is 18.2 Å². The number of ether oxygens (including phenoxy) is 1. The summed E-state index contributed by atoms with van der Waals surface area (Å²) in [6.45, 7) is 8.65. The maximum atomic E-state index is 12.7. The number of nitrogens with zero attached hydrogens (tertiary/aromatic N) is 3. The van der Waals surface area contributed by atoms with Gasteiger partial charge in [-0.1, -0.05) is 18.6 Å². The third-order valence-electron chi connectivity index (χ3n) is 6.41. The highest BCUT2D eigenvalue weighted by Gasteiger charge is 2.43. The summed E-state index contributed by atoms with van der Waals surface area (Å²) in [7, 11) is 0. The van der Waals surface area contributed by atoms with E-state index in [1.165, 1.54) is 0 Å². The molecule has 1 spiro atoms. The topological polar surface area (TPSA) is 82.2 Å². The third kappa shape index (κ3) is 4.14. The second-order valence-corrected chi connectivity index (χ2v) is 8.43. The number of hydrogen-bond donors (Lipinski definition) is 1. The van der Waals surface area contributed by atoms with Crippen molar-refractivity contribution < 1.29 is 19.1 Å². The molecule has 4 rings (SSSR count). The fourth-order valence-corrected chi connectivity index (χ4v) is 4.42. The molecule has 8 nitrogen and oxygen atoms in total. The molecule has 2 fully saturated rings. The molecule has 0 unspecified atom stereocenters. The first-order valence-electron chi connectivity index (χ1n) is 10.8. The zero-order valence-corrected chi connectivity index (χ0v) is 17.8. The van der Waals surface area contributed by atoms with Crippen molar-refractivity contribution in [2.75, 3.05) is 45.8 Å². The third-order valence-corrected chi connectivity index (χ3v) is 6.41. The minimum Gasteiger partial charge on any atom is -0.467 e. The van der Waals surface area contributed by atoms with E-state index in [2.05, 4.69) is 17.1 Å². The van der Waals surface area contributed by atoms with E-state index in [1.807, 2.05) is 30.0 Å². The minimum atomic E-state index is -0.903. The zero-order valence-electron chi connectivity index (χ0n) is 17.8. The Kier molecular flexibility index (Phi) is 5.69. The van der Waals surface area contributed by atoms with E-state index < -0.39 is 5.72 Å². The van der Waals surface area contributed by atoms with Gasteiger partial charge in [0.05, 0.1) is 12.1 Å². The van der Waals surface area contributed by atoms with Gasteiger partial charge in [0.2, 0.25) is 11.8 Å². The van der Waals surface area contributed by atoms with E-state index in [0.717, 1.165) is 25.2 Å². The first-order chi connectivity index (χ1) is 14.4. The van der Waals surface area contributed by atoms with Gasteiger partial charge in [-0.3, -0.25) is 14.4 Å². The predicted octanol–water partition coefficient (Wildman–Crippen LogP) is 0.990. The van der Waals surface area contributed by atoms with Gasteiger partial charge in [-0.25, -0.2) is 0 Å². The Morgan fingerprint density at radius 3 is 2.63 bits per heavy atom. The van der Waals surface area contributed by atoms with Crippen molar-refractivity contribution in [1.82, 2.24) is 20.0 Å².